The molecule has 6 amide bonds. The summed E-state index contributed by atoms with van der Waals surface area (Å²) in [5.74, 6) is -1.14. The number of nitrogens with one attached hydrogen (secondary N) is 4. The third-order valence-corrected chi connectivity index (χ3v) is 11.9. The molecule has 17 nitrogen and oxygen atoms in total. The molecule has 4 unspecified atom stereocenters. The molecule has 4 saturated carbocycles. The van der Waals surface area contributed by atoms with E-state index in [1.807, 2.05) is 30.3 Å². The molecule has 60 heavy (non-hydrogen) atoms. The minimum atomic E-state index is -1.35. The summed E-state index contributed by atoms with van der Waals surface area (Å²) in [7, 11) is 0. The molecule has 0 aliphatic heterocycles. The molecule has 2 aromatic carbocycles. The number of guanidine groups is 1. The average molecular weight is 832 g/mol. The second-order valence-electron chi connectivity index (χ2n) is 16.8. The van der Waals surface area contributed by atoms with Gasteiger partial charge in [-0.15, -0.1) is 0 Å². The van der Waals surface area contributed by atoms with E-state index in [2.05, 4.69) is 26.3 Å². The summed E-state index contributed by atoms with van der Waals surface area (Å²) in [6.07, 6.45) is 5.12. The number of alkyl carbamates (subject to hydrolysis) is 1. The summed E-state index contributed by atoms with van der Waals surface area (Å²) >= 11 is 0. The van der Waals surface area contributed by atoms with Gasteiger partial charge in [0.15, 0.2) is 12.1 Å². The summed E-state index contributed by atoms with van der Waals surface area (Å²) in [4.78, 5) is 83.0. The lowest BCUT2D eigenvalue weighted by atomic mass is 9.48. The Morgan fingerprint density at radius 3 is 1.82 bits per heavy atom. The Morgan fingerprint density at radius 1 is 0.683 bits per heavy atom. The smallest absolute Gasteiger partial charge is 0.407 e. The van der Waals surface area contributed by atoms with E-state index >= 15 is 0 Å². The second-order valence-corrected chi connectivity index (χ2v) is 16.8. The van der Waals surface area contributed by atoms with E-state index in [0.717, 1.165) is 24.8 Å². The van der Waals surface area contributed by atoms with Crippen LogP contribution in [-0.2, 0) is 41.7 Å². The van der Waals surface area contributed by atoms with Crippen LogP contribution < -0.4 is 44.2 Å². The largest absolute Gasteiger partial charge is 0.445 e. The molecule has 326 valence electrons. The van der Waals surface area contributed by atoms with Crippen LogP contribution in [0.5, 0.6) is 0 Å². The van der Waals surface area contributed by atoms with Gasteiger partial charge in [0.1, 0.15) is 24.7 Å². The maximum Gasteiger partial charge on any atom is 0.407 e. The SMILES string of the molecule is NC(=O)OC(Cc1ccccc1)C(=O)NC(CCCN=C(N)N)C(=O)NC(CC12CC3CC(CC(C3)C1)C2)C(=O)NC(CCCCNC(=O)OCc1ccccc1)C(N)=O. The van der Waals surface area contributed by atoms with Gasteiger partial charge in [0, 0.05) is 19.5 Å². The van der Waals surface area contributed by atoms with Crippen LogP contribution >= 0.6 is 0 Å². The van der Waals surface area contributed by atoms with E-state index in [9.17, 15) is 28.8 Å². The molecular formula is C43H61N9O8. The standard InChI is InChI=1S/C43H61N9O8/c44-36(53)32(14-7-8-16-49-42(58)59-26-28-12-5-2-6-13-28)50-38(55)34(25-43-22-29-18-30(23-43)20-31(19-29)24-43)52-37(54)33(15-9-17-48-40(45)46)51-39(56)35(60-41(47)57)21-27-10-3-1-4-11-27/h1-6,10-13,29-35H,7-9,14-26H2,(H2,44,53)(H2,47,57)(H,49,58)(H,50,55)(H,51,56)(H,52,54)(H4,45,46,48). The van der Waals surface area contributed by atoms with Gasteiger partial charge >= 0.3 is 12.2 Å². The first kappa shape index (κ1) is 45.2. The van der Waals surface area contributed by atoms with E-state index in [1.54, 1.807) is 30.3 Å². The molecule has 2 aromatic rings. The second kappa shape index (κ2) is 21.9. The molecule has 17 heteroatoms. The first-order valence-corrected chi connectivity index (χ1v) is 21.0. The minimum Gasteiger partial charge on any atom is -0.445 e. The summed E-state index contributed by atoms with van der Waals surface area (Å²) in [5.41, 5.74) is 23.5. The van der Waals surface area contributed by atoms with Gasteiger partial charge < -0.3 is 53.7 Å². The normalized spacial score (nSPS) is 21.9. The van der Waals surface area contributed by atoms with Crippen molar-refractivity contribution in [1.82, 2.24) is 21.3 Å². The Morgan fingerprint density at radius 2 is 1.23 bits per heavy atom. The lowest BCUT2D eigenvalue weighted by molar-refractivity contribution is -0.137. The lowest BCUT2D eigenvalue weighted by Gasteiger charge is -2.57. The zero-order valence-corrected chi connectivity index (χ0v) is 34.2. The third kappa shape index (κ3) is 14.2. The van der Waals surface area contributed by atoms with Gasteiger partial charge in [-0.05, 0) is 111 Å². The number of hydrogen-bond donors (Lipinski definition) is 8. The molecule has 4 aliphatic rings. The van der Waals surface area contributed by atoms with E-state index < -0.39 is 60.0 Å². The molecule has 0 heterocycles. The molecule has 0 saturated heterocycles. The van der Waals surface area contributed by atoms with Crippen molar-refractivity contribution in [2.24, 2.45) is 51.1 Å². The maximum absolute atomic E-state index is 14.3. The van der Waals surface area contributed by atoms with Gasteiger partial charge in [0.25, 0.3) is 5.91 Å². The number of hydrogen-bond acceptors (Lipinski definition) is 9. The number of rotatable bonds is 23. The lowest BCUT2D eigenvalue weighted by Crippen LogP contribution is -2.59. The molecule has 4 bridgehead atoms. The van der Waals surface area contributed by atoms with Crippen LogP contribution in [0.15, 0.2) is 65.7 Å². The van der Waals surface area contributed by atoms with Crippen molar-refractivity contribution in [3.8, 4) is 0 Å². The predicted octanol–water partition coefficient (Wildman–Crippen LogP) is 2.39. The van der Waals surface area contributed by atoms with E-state index in [0.29, 0.717) is 42.6 Å². The number of unbranched alkanes of at least 4 members (excludes halogenated alkanes) is 1. The van der Waals surface area contributed by atoms with E-state index in [1.165, 1.54) is 19.3 Å². The van der Waals surface area contributed by atoms with Gasteiger partial charge in [-0.3, -0.25) is 24.2 Å². The molecule has 0 radical (unpaired) electrons. The van der Waals surface area contributed by atoms with Crippen LogP contribution in [-0.4, -0.2) is 79.1 Å². The minimum absolute atomic E-state index is 0.00207. The van der Waals surface area contributed by atoms with Crippen molar-refractivity contribution in [2.45, 2.75) is 114 Å². The number of ether oxygens (including phenoxy) is 2. The highest BCUT2D eigenvalue weighted by Crippen LogP contribution is 2.61. The summed E-state index contributed by atoms with van der Waals surface area (Å²) in [5, 5.41) is 11.2. The molecule has 0 aromatic heterocycles. The Hall–Kier alpha value is -5.87. The predicted molar refractivity (Wildman–Crippen MR) is 223 cm³/mol. The number of nitrogens with two attached hydrogens (primary N) is 4. The van der Waals surface area contributed by atoms with Crippen molar-refractivity contribution in [3.05, 3.63) is 71.8 Å². The molecule has 12 N–H and O–H groups in total. The maximum atomic E-state index is 14.3. The number of nitrogens with zero attached hydrogens (tertiary/aromatic N) is 1. The van der Waals surface area contributed by atoms with Gasteiger partial charge in [-0.1, -0.05) is 60.7 Å². The molecule has 4 atom stereocenters. The number of aliphatic imine (C=N–C) groups is 1. The third-order valence-electron chi connectivity index (χ3n) is 11.9. The quantitative estimate of drug-likeness (QED) is 0.0460. The zero-order chi connectivity index (χ0) is 43.1. The highest BCUT2D eigenvalue weighted by atomic mass is 16.6. The van der Waals surface area contributed by atoms with Crippen LogP contribution in [0, 0.1) is 23.2 Å². The van der Waals surface area contributed by atoms with Crippen LogP contribution in [0.1, 0.15) is 88.2 Å². The first-order chi connectivity index (χ1) is 28.8. The number of primary amides is 2. The van der Waals surface area contributed by atoms with Crippen LogP contribution in [0.25, 0.3) is 0 Å². The van der Waals surface area contributed by atoms with Crippen molar-refractivity contribution >= 4 is 41.8 Å². The number of carbonyl (C=O) groups is 6. The zero-order valence-electron chi connectivity index (χ0n) is 34.2. The van der Waals surface area contributed by atoms with Crippen molar-refractivity contribution in [3.63, 3.8) is 0 Å². The Balaban J connectivity index is 1.26. The average Bonchev–Trinajstić information content (AvgIpc) is 3.19. The molecular weight excluding hydrogens is 771 g/mol. The summed E-state index contributed by atoms with van der Waals surface area (Å²) in [6.45, 7) is 0.576. The molecule has 0 spiro atoms. The van der Waals surface area contributed by atoms with Crippen LogP contribution in [0.2, 0.25) is 0 Å². The molecule has 6 rings (SSSR count). The van der Waals surface area contributed by atoms with Crippen LogP contribution in [0.4, 0.5) is 9.59 Å². The number of benzene rings is 2. The number of amides is 6. The van der Waals surface area contributed by atoms with Gasteiger partial charge in [0.05, 0.1) is 0 Å². The number of carbonyl (C=O) groups excluding carboxylic acids is 6. The highest BCUT2D eigenvalue weighted by Gasteiger charge is 2.52. The van der Waals surface area contributed by atoms with Gasteiger partial charge in [-0.2, -0.15) is 0 Å². The topological polar surface area (TPSA) is 285 Å². The fourth-order valence-electron chi connectivity index (χ4n) is 9.64. The fourth-order valence-corrected chi connectivity index (χ4v) is 9.64. The van der Waals surface area contributed by atoms with Crippen molar-refractivity contribution in [1.29, 1.82) is 0 Å². The molecule has 4 aliphatic carbocycles. The van der Waals surface area contributed by atoms with Crippen molar-refractivity contribution in [2.75, 3.05) is 13.1 Å². The van der Waals surface area contributed by atoms with E-state index in [4.69, 9.17) is 32.4 Å². The van der Waals surface area contributed by atoms with Crippen molar-refractivity contribution < 1.29 is 38.2 Å². The summed E-state index contributed by atoms with van der Waals surface area (Å²) < 4.78 is 10.4. The van der Waals surface area contributed by atoms with Gasteiger partial charge in [0.2, 0.25) is 17.7 Å². The fraction of sp³-hybridized carbons (Fsp3) is 0.558. The Kier molecular flexibility index (Phi) is 16.5. The monoisotopic (exact) mass is 831 g/mol. The summed E-state index contributed by atoms with van der Waals surface area (Å²) in [6, 6.07) is 14.9. The Labute approximate surface area is 350 Å². The highest BCUT2D eigenvalue weighted by molar-refractivity contribution is 5.94. The first-order valence-electron chi connectivity index (χ1n) is 21.0. The molecule has 4 fully saturated rings. The van der Waals surface area contributed by atoms with Gasteiger partial charge in [-0.25, -0.2) is 9.59 Å². The Bertz CT molecular complexity index is 1770. The van der Waals surface area contributed by atoms with E-state index in [-0.39, 0.29) is 56.8 Å². The van der Waals surface area contributed by atoms with Crippen LogP contribution in [0.3, 0.4) is 0 Å².